The third-order valence-electron chi connectivity index (χ3n) is 2.83. The van der Waals surface area contributed by atoms with Crippen LogP contribution in [0.25, 0.3) is 0 Å². The van der Waals surface area contributed by atoms with Crippen LogP contribution in [0, 0.1) is 5.82 Å². The molecule has 2 rings (SSSR count). The first-order chi connectivity index (χ1) is 9.00. The highest BCUT2D eigenvalue weighted by atomic mass is 32.2. The molecule has 100 valence electrons. The number of nitrogens with zero attached hydrogens (tertiary/aromatic N) is 1. The smallest absolute Gasteiger partial charge is 0.239 e. The highest BCUT2D eigenvalue weighted by Gasteiger charge is 2.20. The van der Waals surface area contributed by atoms with E-state index in [1.807, 2.05) is 0 Å². The topological polar surface area (TPSA) is 37.4 Å². The number of para-hydroxylation sites is 1. The lowest BCUT2D eigenvalue weighted by atomic mass is 10.2. The molecule has 0 aromatic heterocycles. The molecule has 0 unspecified atom stereocenters. The van der Waals surface area contributed by atoms with E-state index in [2.05, 4.69) is 0 Å². The van der Waals surface area contributed by atoms with Crippen LogP contribution in [0.3, 0.4) is 0 Å². The summed E-state index contributed by atoms with van der Waals surface area (Å²) in [6.07, 6.45) is 0. The molecule has 0 atom stereocenters. The lowest BCUT2D eigenvalue weighted by molar-refractivity contribution is 0.585. The van der Waals surface area contributed by atoms with Gasteiger partial charge in [0.15, 0.2) is 0 Å². The van der Waals surface area contributed by atoms with Gasteiger partial charge in [0.2, 0.25) is 10.0 Å². The second kappa shape index (κ2) is 5.40. The summed E-state index contributed by atoms with van der Waals surface area (Å²) in [5.41, 5.74) is 0.726. The Kier molecular flexibility index (Phi) is 3.85. The Morgan fingerprint density at radius 2 is 1.58 bits per heavy atom. The van der Waals surface area contributed by atoms with Gasteiger partial charge in [-0.15, -0.1) is 0 Å². The molecule has 19 heavy (non-hydrogen) atoms. The summed E-state index contributed by atoms with van der Waals surface area (Å²) in [4.78, 5) is 0. The molecule has 0 amide bonds. The summed E-state index contributed by atoms with van der Waals surface area (Å²) in [5, 5.41) is 0. The highest BCUT2D eigenvalue weighted by molar-refractivity contribution is 7.92. The number of hydrogen-bond acceptors (Lipinski definition) is 2. The Bertz CT molecular complexity index is 656. The van der Waals surface area contributed by atoms with Crippen LogP contribution in [0.4, 0.5) is 10.1 Å². The maximum absolute atomic E-state index is 13.5. The van der Waals surface area contributed by atoms with Gasteiger partial charge in [-0.05, 0) is 18.2 Å². The van der Waals surface area contributed by atoms with Crippen molar-refractivity contribution in [3.63, 3.8) is 0 Å². The zero-order chi connectivity index (χ0) is 13.9. The van der Waals surface area contributed by atoms with E-state index in [1.54, 1.807) is 36.4 Å². The molecule has 3 nitrogen and oxygen atoms in total. The Hall–Kier alpha value is -1.88. The predicted octanol–water partition coefficient (Wildman–Crippen LogP) is 2.79. The van der Waals surface area contributed by atoms with Crippen molar-refractivity contribution in [2.24, 2.45) is 0 Å². The van der Waals surface area contributed by atoms with E-state index in [1.165, 1.54) is 29.6 Å². The standard InChI is InChI=1S/C14H14FNO2S/c1-16(13-8-3-2-4-9-13)19(17,18)11-12-7-5-6-10-14(12)15/h2-10H,11H2,1H3. The quantitative estimate of drug-likeness (QED) is 0.863. The van der Waals surface area contributed by atoms with Gasteiger partial charge in [0.1, 0.15) is 5.82 Å². The van der Waals surface area contributed by atoms with Gasteiger partial charge in [0.25, 0.3) is 0 Å². The lowest BCUT2D eigenvalue weighted by Gasteiger charge is -2.19. The van der Waals surface area contributed by atoms with Crippen LogP contribution in [0.1, 0.15) is 5.56 Å². The molecule has 2 aromatic rings. The Morgan fingerprint density at radius 1 is 1.00 bits per heavy atom. The van der Waals surface area contributed by atoms with Gasteiger partial charge >= 0.3 is 0 Å². The fraction of sp³-hybridized carbons (Fsp3) is 0.143. The SMILES string of the molecule is CN(c1ccccc1)S(=O)(=O)Cc1ccccc1F. The van der Waals surface area contributed by atoms with Crippen LogP contribution in [0.2, 0.25) is 0 Å². The largest absolute Gasteiger partial charge is 0.273 e. The van der Waals surface area contributed by atoms with E-state index < -0.39 is 15.8 Å². The van der Waals surface area contributed by atoms with E-state index in [0.717, 1.165) is 0 Å². The number of halogens is 1. The van der Waals surface area contributed by atoms with Crippen LogP contribution in [0.15, 0.2) is 54.6 Å². The Balaban J connectivity index is 2.27. The van der Waals surface area contributed by atoms with E-state index in [-0.39, 0.29) is 11.3 Å². The fourth-order valence-corrected chi connectivity index (χ4v) is 2.97. The maximum Gasteiger partial charge on any atom is 0.239 e. The molecule has 0 aliphatic carbocycles. The molecule has 0 saturated heterocycles. The molecule has 0 fully saturated rings. The molecule has 0 aliphatic heterocycles. The first kappa shape index (κ1) is 13.5. The average molecular weight is 279 g/mol. The Morgan fingerprint density at radius 3 is 2.21 bits per heavy atom. The number of anilines is 1. The van der Waals surface area contributed by atoms with Crippen LogP contribution in [-0.4, -0.2) is 15.5 Å². The second-order valence-corrected chi connectivity index (χ2v) is 6.15. The molecule has 0 spiro atoms. The third-order valence-corrected chi connectivity index (χ3v) is 4.55. The predicted molar refractivity (Wildman–Crippen MR) is 73.9 cm³/mol. The fourth-order valence-electron chi connectivity index (χ4n) is 1.71. The molecule has 0 heterocycles. The highest BCUT2D eigenvalue weighted by Crippen LogP contribution is 2.19. The summed E-state index contributed by atoms with van der Waals surface area (Å²) in [6, 6.07) is 14.6. The molecular formula is C14H14FNO2S. The van der Waals surface area contributed by atoms with Gasteiger partial charge in [0.05, 0.1) is 11.4 Å². The van der Waals surface area contributed by atoms with Crippen molar-refractivity contribution in [3.8, 4) is 0 Å². The van der Waals surface area contributed by atoms with Gasteiger partial charge in [-0.3, -0.25) is 4.31 Å². The van der Waals surface area contributed by atoms with Gasteiger partial charge in [-0.2, -0.15) is 0 Å². The minimum absolute atomic E-state index is 0.172. The van der Waals surface area contributed by atoms with Gasteiger partial charge in [0, 0.05) is 12.6 Å². The summed E-state index contributed by atoms with van der Waals surface area (Å²) >= 11 is 0. The van der Waals surface area contributed by atoms with Crippen LogP contribution < -0.4 is 4.31 Å². The van der Waals surface area contributed by atoms with Crippen LogP contribution in [-0.2, 0) is 15.8 Å². The molecule has 5 heteroatoms. The van der Waals surface area contributed by atoms with E-state index in [4.69, 9.17) is 0 Å². The van der Waals surface area contributed by atoms with E-state index in [0.29, 0.717) is 5.69 Å². The summed E-state index contributed by atoms with van der Waals surface area (Å²) in [7, 11) is -2.13. The van der Waals surface area contributed by atoms with Crippen molar-refractivity contribution in [2.45, 2.75) is 5.75 Å². The van der Waals surface area contributed by atoms with Gasteiger partial charge in [-0.1, -0.05) is 36.4 Å². The normalized spacial score (nSPS) is 11.3. The number of rotatable bonds is 4. The number of sulfonamides is 1. The number of benzene rings is 2. The van der Waals surface area contributed by atoms with Crippen molar-refractivity contribution in [1.82, 2.24) is 0 Å². The molecule has 0 saturated carbocycles. The van der Waals surface area contributed by atoms with Crippen molar-refractivity contribution in [1.29, 1.82) is 0 Å². The maximum atomic E-state index is 13.5. The first-order valence-corrected chi connectivity index (χ1v) is 7.37. The van der Waals surface area contributed by atoms with Crippen molar-refractivity contribution in [3.05, 3.63) is 66.0 Å². The van der Waals surface area contributed by atoms with Crippen molar-refractivity contribution in [2.75, 3.05) is 11.4 Å². The number of hydrogen-bond donors (Lipinski definition) is 0. The van der Waals surface area contributed by atoms with Crippen molar-refractivity contribution < 1.29 is 12.8 Å². The molecule has 0 N–H and O–H groups in total. The lowest BCUT2D eigenvalue weighted by Crippen LogP contribution is -2.28. The van der Waals surface area contributed by atoms with Gasteiger partial charge < -0.3 is 0 Å². The van der Waals surface area contributed by atoms with E-state index in [9.17, 15) is 12.8 Å². The summed E-state index contributed by atoms with van der Waals surface area (Å²) in [5.74, 6) is -0.863. The molecule has 0 radical (unpaired) electrons. The summed E-state index contributed by atoms with van der Waals surface area (Å²) < 4.78 is 39.1. The molecule has 0 bridgehead atoms. The third kappa shape index (κ3) is 3.12. The van der Waals surface area contributed by atoms with Gasteiger partial charge in [-0.25, -0.2) is 12.8 Å². The minimum Gasteiger partial charge on any atom is -0.273 e. The monoisotopic (exact) mass is 279 g/mol. The molecule has 0 aliphatic rings. The van der Waals surface area contributed by atoms with Crippen molar-refractivity contribution >= 4 is 15.7 Å². The minimum atomic E-state index is -3.60. The molecular weight excluding hydrogens is 265 g/mol. The zero-order valence-corrected chi connectivity index (χ0v) is 11.3. The summed E-state index contributed by atoms with van der Waals surface area (Å²) in [6.45, 7) is 0. The van der Waals surface area contributed by atoms with E-state index >= 15 is 0 Å². The second-order valence-electron chi connectivity index (χ2n) is 4.15. The van der Waals surface area contributed by atoms with Crippen LogP contribution in [0.5, 0.6) is 0 Å². The van der Waals surface area contributed by atoms with Crippen LogP contribution >= 0.6 is 0 Å². The first-order valence-electron chi connectivity index (χ1n) is 5.76. The Labute approximate surface area is 112 Å². The molecule has 2 aromatic carbocycles. The zero-order valence-electron chi connectivity index (χ0n) is 10.5. The average Bonchev–Trinajstić information content (AvgIpc) is 2.41.